The first-order valence-corrected chi connectivity index (χ1v) is 24.6. The molecule has 2 amide bonds. The molecule has 19 atom stereocenters. The van der Waals surface area contributed by atoms with Crippen molar-refractivity contribution in [2.75, 3.05) is 6.61 Å². The van der Waals surface area contributed by atoms with Gasteiger partial charge in [-0.2, -0.15) is 0 Å². The SMILES string of the molecule is C=CCOC(=O)NC1C(O)C(C)OC(OC2/C=C/C=C/C=C/C=C/C=C/C=C/C=C/C(C)C(O)C(C)C(C)OC(=O)CC(O)CC(O)CCC(O)C(O)CC(O)CC3(O)CC(O)C(NC(C)=O)C(C2)O3)C1O. The molecule has 3 rings (SSSR count). The molecule has 2 bridgehead atoms. The number of carbonyl (C=O) groups is 3. The lowest BCUT2D eigenvalue weighted by Gasteiger charge is -2.46. The van der Waals surface area contributed by atoms with E-state index in [4.69, 9.17) is 23.7 Å². The van der Waals surface area contributed by atoms with Gasteiger partial charge < -0.3 is 85.4 Å². The average molecular weight is 1020 g/mol. The van der Waals surface area contributed by atoms with Gasteiger partial charge in [-0.15, -0.1) is 0 Å². The number of fused-ring (bicyclic) bond motifs is 2. The number of cyclic esters (lactones) is 1. The molecule has 3 aliphatic rings. The van der Waals surface area contributed by atoms with Crippen LogP contribution in [-0.4, -0.2) is 179 Å². The molecule has 0 aromatic carbocycles. The van der Waals surface area contributed by atoms with Gasteiger partial charge in [-0.1, -0.05) is 112 Å². The van der Waals surface area contributed by atoms with Gasteiger partial charge in [0.15, 0.2) is 12.1 Å². The first kappa shape index (κ1) is 61.9. The number of alkyl carbamates (subject to hydrolysis) is 1. The maximum absolute atomic E-state index is 12.7. The molecule has 3 heterocycles. The number of aliphatic hydroxyl groups is 10. The van der Waals surface area contributed by atoms with E-state index < -0.39 is 153 Å². The monoisotopic (exact) mass is 1020 g/mol. The summed E-state index contributed by atoms with van der Waals surface area (Å²) >= 11 is 0. The van der Waals surface area contributed by atoms with Crippen molar-refractivity contribution in [3.8, 4) is 0 Å². The van der Waals surface area contributed by atoms with Gasteiger partial charge >= 0.3 is 12.1 Å². The maximum Gasteiger partial charge on any atom is 0.407 e. The van der Waals surface area contributed by atoms with Crippen molar-refractivity contribution >= 4 is 18.0 Å². The Bertz CT molecular complexity index is 1890. The van der Waals surface area contributed by atoms with Crippen LogP contribution in [-0.2, 0) is 33.3 Å². The molecule has 0 aliphatic carbocycles. The Morgan fingerprint density at radius 2 is 1.29 bits per heavy atom. The first-order valence-electron chi connectivity index (χ1n) is 24.6. The molecule has 72 heavy (non-hydrogen) atoms. The van der Waals surface area contributed by atoms with Crippen molar-refractivity contribution < 1.29 is 89.1 Å². The normalized spacial score (nSPS) is 42.0. The first-order chi connectivity index (χ1) is 34.0. The van der Waals surface area contributed by atoms with E-state index in [9.17, 15) is 65.4 Å². The fourth-order valence-electron chi connectivity index (χ4n) is 8.52. The third kappa shape index (κ3) is 21.6. The van der Waals surface area contributed by atoms with Crippen molar-refractivity contribution in [3.63, 3.8) is 0 Å². The van der Waals surface area contributed by atoms with Crippen molar-refractivity contribution in [3.05, 3.63) is 97.7 Å². The van der Waals surface area contributed by atoms with Gasteiger partial charge in [-0.3, -0.25) is 9.59 Å². The molecule has 0 aromatic heterocycles. The number of ether oxygens (including phenoxy) is 5. The summed E-state index contributed by atoms with van der Waals surface area (Å²) in [7, 11) is 0. The van der Waals surface area contributed by atoms with Crippen molar-refractivity contribution in [2.24, 2.45) is 11.8 Å². The summed E-state index contributed by atoms with van der Waals surface area (Å²) in [6, 6.07) is -2.46. The summed E-state index contributed by atoms with van der Waals surface area (Å²) in [6.07, 6.45) is 4.12. The Kier molecular flexibility index (Phi) is 27.0. The Labute approximate surface area is 422 Å². The van der Waals surface area contributed by atoms with E-state index in [1.807, 2.05) is 25.2 Å². The molecule has 20 heteroatoms. The Morgan fingerprint density at radius 1 is 0.694 bits per heavy atom. The van der Waals surface area contributed by atoms with Crippen LogP contribution in [0.15, 0.2) is 97.7 Å². The van der Waals surface area contributed by atoms with Crippen LogP contribution < -0.4 is 10.6 Å². The number of esters is 1. The molecule has 12 N–H and O–H groups in total. The zero-order valence-corrected chi connectivity index (χ0v) is 41.9. The van der Waals surface area contributed by atoms with Gasteiger partial charge in [0.2, 0.25) is 5.91 Å². The van der Waals surface area contributed by atoms with Gasteiger partial charge in [0, 0.05) is 44.4 Å². The van der Waals surface area contributed by atoms with Crippen LogP contribution in [0.3, 0.4) is 0 Å². The van der Waals surface area contributed by atoms with Crippen LogP contribution in [0.5, 0.6) is 0 Å². The van der Waals surface area contributed by atoms with Crippen molar-refractivity contribution in [1.82, 2.24) is 10.6 Å². The fraction of sp³-hybridized carbons (Fsp3) is 0.635. The van der Waals surface area contributed by atoms with Crippen LogP contribution in [0.2, 0.25) is 0 Å². The molecule has 0 radical (unpaired) electrons. The lowest BCUT2D eigenvalue weighted by Crippen LogP contribution is -2.64. The van der Waals surface area contributed by atoms with E-state index in [0.717, 1.165) is 0 Å². The van der Waals surface area contributed by atoms with Gasteiger partial charge in [0.25, 0.3) is 0 Å². The van der Waals surface area contributed by atoms with Crippen molar-refractivity contribution in [1.29, 1.82) is 0 Å². The average Bonchev–Trinajstić information content (AvgIpc) is 3.30. The van der Waals surface area contributed by atoms with Crippen LogP contribution in [0.4, 0.5) is 4.79 Å². The van der Waals surface area contributed by atoms with Crippen LogP contribution in [0.1, 0.15) is 86.0 Å². The topological polar surface area (TPSA) is 324 Å². The molecule has 2 saturated heterocycles. The third-order valence-electron chi connectivity index (χ3n) is 12.7. The minimum Gasteiger partial charge on any atom is -0.462 e. The third-order valence-corrected chi connectivity index (χ3v) is 12.7. The van der Waals surface area contributed by atoms with E-state index in [0.29, 0.717) is 0 Å². The molecular weight excluding hydrogens is 941 g/mol. The van der Waals surface area contributed by atoms with Gasteiger partial charge in [0.05, 0.1) is 79.5 Å². The molecular formula is C52H80N2O18. The Morgan fingerprint density at radius 3 is 1.89 bits per heavy atom. The zero-order valence-electron chi connectivity index (χ0n) is 41.9. The Hall–Kier alpha value is -4.39. The molecule has 0 saturated carbocycles. The number of hydrogen-bond acceptors (Lipinski definition) is 18. The van der Waals surface area contributed by atoms with Crippen molar-refractivity contribution in [2.45, 2.75) is 189 Å². The highest BCUT2D eigenvalue weighted by atomic mass is 16.7. The lowest BCUT2D eigenvalue weighted by atomic mass is 9.87. The second-order valence-electron chi connectivity index (χ2n) is 18.9. The molecule has 3 aliphatic heterocycles. The Balaban J connectivity index is 1.93. The summed E-state index contributed by atoms with van der Waals surface area (Å²) in [6.45, 7) is 11.3. The largest absolute Gasteiger partial charge is 0.462 e. The van der Waals surface area contributed by atoms with E-state index in [1.54, 1.807) is 80.7 Å². The number of aliphatic hydroxyl groups excluding tert-OH is 9. The molecule has 2 fully saturated rings. The highest BCUT2D eigenvalue weighted by Crippen LogP contribution is 2.35. The highest BCUT2D eigenvalue weighted by molar-refractivity contribution is 5.73. The van der Waals surface area contributed by atoms with Gasteiger partial charge in [-0.05, 0) is 33.1 Å². The standard InChI is InChI=1S/C52H80N2O18/c1-7-24-68-51(66)54-46-48(64)34(5)70-50(49(46)65)71-39-21-19-17-15-13-11-9-8-10-12-14-16-18-20-31(2)47(63)32(3)33(4)69-44(62)27-37(57)25-36(56)22-23-40(59)41(60)26-38(58)29-52(67)30-42(61)45(53-35(6)55)43(28-39)72-52/h7-21,31-34,36-43,45-50,56-61,63-65,67H,1,22-30H2,2-6H3,(H,53,55)(H,54,66)/b9-8+,12-10+,13-11+,16-14+,17-15+,20-18+,21-19+. The summed E-state index contributed by atoms with van der Waals surface area (Å²) in [5.74, 6) is -4.30. The molecule has 406 valence electrons. The quantitative estimate of drug-likeness (QED) is 0.132. The van der Waals surface area contributed by atoms with E-state index in [-0.39, 0.29) is 38.2 Å². The van der Waals surface area contributed by atoms with Crippen LogP contribution >= 0.6 is 0 Å². The smallest absolute Gasteiger partial charge is 0.407 e. The zero-order chi connectivity index (χ0) is 53.5. The fourth-order valence-corrected chi connectivity index (χ4v) is 8.52. The second-order valence-corrected chi connectivity index (χ2v) is 18.9. The summed E-state index contributed by atoms with van der Waals surface area (Å²) in [4.78, 5) is 37.6. The minimum atomic E-state index is -2.27. The van der Waals surface area contributed by atoms with E-state index in [2.05, 4.69) is 17.2 Å². The summed E-state index contributed by atoms with van der Waals surface area (Å²) in [5, 5.41) is 115. The minimum absolute atomic E-state index is 0.106. The van der Waals surface area contributed by atoms with Gasteiger partial charge in [-0.25, -0.2) is 4.79 Å². The molecule has 0 spiro atoms. The number of rotatable bonds is 6. The van der Waals surface area contributed by atoms with Gasteiger partial charge in [0.1, 0.15) is 24.9 Å². The van der Waals surface area contributed by atoms with Crippen LogP contribution in [0, 0.1) is 11.8 Å². The maximum atomic E-state index is 12.7. The number of amides is 2. The number of nitrogens with one attached hydrogen (secondary N) is 2. The predicted molar refractivity (Wildman–Crippen MR) is 264 cm³/mol. The number of carbonyl (C=O) groups excluding carboxylic acids is 3. The molecule has 0 aromatic rings. The summed E-state index contributed by atoms with van der Waals surface area (Å²) in [5.41, 5.74) is 0. The molecule has 20 nitrogen and oxygen atoms in total. The molecule has 19 unspecified atom stereocenters. The second kappa shape index (κ2) is 31.4. The number of hydrogen-bond donors (Lipinski definition) is 12. The van der Waals surface area contributed by atoms with Crippen LogP contribution in [0.25, 0.3) is 0 Å². The number of allylic oxidation sites excluding steroid dienone is 12. The van der Waals surface area contributed by atoms with E-state index in [1.165, 1.54) is 19.9 Å². The predicted octanol–water partition coefficient (Wildman–Crippen LogP) is 1.47. The van der Waals surface area contributed by atoms with E-state index >= 15 is 0 Å². The highest BCUT2D eigenvalue weighted by Gasteiger charge is 2.49. The lowest BCUT2D eigenvalue weighted by molar-refractivity contribution is -0.303. The summed E-state index contributed by atoms with van der Waals surface area (Å²) < 4.78 is 28.7.